The van der Waals surface area contributed by atoms with Gasteiger partial charge in [0.05, 0.1) is 12.7 Å². The lowest BCUT2D eigenvalue weighted by atomic mass is 10.2. The fourth-order valence-corrected chi connectivity index (χ4v) is 2.30. The van der Waals surface area contributed by atoms with E-state index in [0.717, 1.165) is 3.57 Å². The standard InChI is InChI=1S/C15H13IN2O3/c1-21-11-6-4-5-10(9-11)14(19)17-18-15(20)12-7-2-3-8-13(12)16/h2-9H,1H3,(H,17,19)(H,18,20). The lowest BCUT2D eigenvalue weighted by Gasteiger charge is -2.09. The van der Waals surface area contributed by atoms with Crippen molar-refractivity contribution in [2.24, 2.45) is 0 Å². The number of halogens is 1. The Kier molecular flexibility index (Phi) is 5.15. The number of hydrogen-bond donors (Lipinski definition) is 2. The van der Waals surface area contributed by atoms with Crippen molar-refractivity contribution in [3.8, 4) is 5.75 Å². The highest BCUT2D eigenvalue weighted by Gasteiger charge is 2.11. The van der Waals surface area contributed by atoms with Crippen molar-refractivity contribution in [3.63, 3.8) is 0 Å². The second kappa shape index (κ2) is 7.07. The molecule has 0 unspecified atom stereocenters. The lowest BCUT2D eigenvalue weighted by molar-refractivity contribution is 0.0846. The maximum absolute atomic E-state index is 12.0. The van der Waals surface area contributed by atoms with Crippen LogP contribution in [0.1, 0.15) is 20.7 Å². The highest BCUT2D eigenvalue weighted by atomic mass is 127. The molecule has 0 fully saturated rings. The van der Waals surface area contributed by atoms with Crippen molar-refractivity contribution in [2.45, 2.75) is 0 Å². The number of carbonyl (C=O) groups is 2. The number of hydrazine groups is 1. The summed E-state index contributed by atoms with van der Waals surface area (Å²) in [6, 6.07) is 13.8. The summed E-state index contributed by atoms with van der Waals surface area (Å²) in [5.41, 5.74) is 5.67. The maximum Gasteiger partial charge on any atom is 0.270 e. The van der Waals surface area contributed by atoms with Gasteiger partial charge in [-0.2, -0.15) is 0 Å². The third kappa shape index (κ3) is 3.94. The molecule has 0 aliphatic heterocycles. The summed E-state index contributed by atoms with van der Waals surface area (Å²) in [6.07, 6.45) is 0. The third-order valence-electron chi connectivity index (χ3n) is 2.74. The summed E-state index contributed by atoms with van der Waals surface area (Å²) >= 11 is 2.06. The summed E-state index contributed by atoms with van der Waals surface area (Å²) in [7, 11) is 1.52. The average Bonchev–Trinajstić information content (AvgIpc) is 2.52. The van der Waals surface area contributed by atoms with Crippen molar-refractivity contribution in [1.82, 2.24) is 10.9 Å². The van der Waals surface area contributed by atoms with Gasteiger partial charge in [0.25, 0.3) is 11.8 Å². The largest absolute Gasteiger partial charge is 0.497 e. The lowest BCUT2D eigenvalue weighted by Crippen LogP contribution is -2.41. The Bertz CT molecular complexity index is 673. The van der Waals surface area contributed by atoms with Crippen LogP contribution in [-0.2, 0) is 0 Å². The molecule has 0 saturated carbocycles. The first-order valence-corrected chi connectivity index (χ1v) is 7.19. The Hall–Kier alpha value is -2.09. The van der Waals surface area contributed by atoms with Crippen LogP contribution in [0, 0.1) is 3.57 Å². The zero-order chi connectivity index (χ0) is 15.2. The van der Waals surface area contributed by atoms with Gasteiger partial charge in [-0.25, -0.2) is 0 Å². The van der Waals surface area contributed by atoms with Crippen molar-refractivity contribution >= 4 is 34.4 Å². The molecule has 21 heavy (non-hydrogen) atoms. The first kappa shape index (κ1) is 15.3. The molecule has 2 N–H and O–H groups in total. The molecule has 0 spiro atoms. The molecular weight excluding hydrogens is 383 g/mol. The Labute approximate surface area is 135 Å². The summed E-state index contributed by atoms with van der Waals surface area (Å²) in [6.45, 7) is 0. The minimum absolute atomic E-state index is 0.365. The van der Waals surface area contributed by atoms with Gasteiger partial charge in [0.15, 0.2) is 0 Å². The quantitative estimate of drug-likeness (QED) is 0.619. The molecule has 5 nitrogen and oxygen atoms in total. The normalized spacial score (nSPS) is 9.81. The molecular formula is C15H13IN2O3. The number of hydrogen-bond acceptors (Lipinski definition) is 3. The number of ether oxygens (including phenoxy) is 1. The smallest absolute Gasteiger partial charge is 0.270 e. The molecule has 108 valence electrons. The highest BCUT2D eigenvalue weighted by Crippen LogP contribution is 2.12. The van der Waals surface area contributed by atoms with Crippen LogP contribution in [0.15, 0.2) is 48.5 Å². The molecule has 0 aromatic heterocycles. The number of methoxy groups -OCH3 is 1. The predicted octanol–water partition coefficient (Wildman–Crippen LogP) is 2.37. The fraction of sp³-hybridized carbons (Fsp3) is 0.0667. The SMILES string of the molecule is COc1cccc(C(=O)NNC(=O)c2ccccc2I)c1. The second-order valence-electron chi connectivity index (χ2n) is 4.12. The monoisotopic (exact) mass is 396 g/mol. The van der Waals surface area contributed by atoms with Crippen molar-refractivity contribution in [2.75, 3.05) is 7.11 Å². The van der Waals surface area contributed by atoms with Crippen LogP contribution < -0.4 is 15.6 Å². The molecule has 0 radical (unpaired) electrons. The van der Waals surface area contributed by atoms with Gasteiger partial charge in [-0.05, 0) is 52.9 Å². The Morgan fingerprint density at radius 2 is 1.71 bits per heavy atom. The van der Waals surface area contributed by atoms with Gasteiger partial charge in [-0.3, -0.25) is 20.4 Å². The fourth-order valence-electron chi connectivity index (χ4n) is 1.66. The molecule has 0 bridgehead atoms. The van der Waals surface area contributed by atoms with Gasteiger partial charge in [-0.1, -0.05) is 18.2 Å². The molecule has 2 aromatic carbocycles. The van der Waals surface area contributed by atoms with Gasteiger partial charge < -0.3 is 4.74 Å². The topological polar surface area (TPSA) is 67.4 Å². The van der Waals surface area contributed by atoms with Gasteiger partial charge in [0.2, 0.25) is 0 Å². The van der Waals surface area contributed by atoms with E-state index in [-0.39, 0.29) is 5.91 Å². The van der Waals surface area contributed by atoms with Crippen LogP contribution in [0.25, 0.3) is 0 Å². The van der Waals surface area contributed by atoms with E-state index in [1.54, 1.807) is 36.4 Å². The van der Waals surface area contributed by atoms with Crippen molar-refractivity contribution in [1.29, 1.82) is 0 Å². The summed E-state index contributed by atoms with van der Waals surface area (Å²) in [5, 5.41) is 0. The molecule has 2 aromatic rings. The highest BCUT2D eigenvalue weighted by molar-refractivity contribution is 14.1. The zero-order valence-corrected chi connectivity index (χ0v) is 13.4. The van der Waals surface area contributed by atoms with Gasteiger partial charge >= 0.3 is 0 Å². The van der Waals surface area contributed by atoms with Crippen LogP contribution in [0.4, 0.5) is 0 Å². The molecule has 0 atom stereocenters. The number of benzene rings is 2. The van der Waals surface area contributed by atoms with Crippen LogP contribution in [0.2, 0.25) is 0 Å². The van der Waals surface area contributed by atoms with Gasteiger partial charge in [-0.15, -0.1) is 0 Å². The Morgan fingerprint density at radius 3 is 2.43 bits per heavy atom. The van der Waals surface area contributed by atoms with Crippen LogP contribution in [0.3, 0.4) is 0 Å². The van der Waals surface area contributed by atoms with E-state index in [4.69, 9.17) is 4.74 Å². The molecule has 0 heterocycles. The predicted molar refractivity (Wildman–Crippen MR) is 87.1 cm³/mol. The molecule has 6 heteroatoms. The summed E-state index contributed by atoms with van der Waals surface area (Å²) in [4.78, 5) is 23.9. The van der Waals surface area contributed by atoms with Gasteiger partial charge in [0.1, 0.15) is 5.75 Å². The van der Waals surface area contributed by atoms with E-state index in [9.17, 15) is 9.59 Å². The van der Waals surface area contributed by atoms with E-state index >= 15 is 0 Å². The Morgan fingerprint density at radius 1 is 1.00 bits per heavy atom. The second-order valence-corrected chi connectivity index (χ2v) is 5.28. The van der Waals surface area contributed by atoms with E-state index in [1.165, 1.54) is 7.11 Å². The minimum atomic E-state index is -0.409. The maximum atomic E-state index is 12.0. The van der Waals surface area contributed by atoms with Crippen LogP contribution in [-0.4, -0.2) is 18.9 Å². The molecule has 0 saturated heterocycles. The molecule has 0 aliphatic carbocycles. The van der Waals surface area contributed by atoms with Crippen LogP contribution >= 0.6 is 22.6 Å². The Balaban J connectivity index is 2.01. The number of rotatable bonds is 3. The van der Waals surface area contributed by atoms with E-state index in [0.29, 0.717) is 16.9 Å². The van der Waals surface area contributed by atoms with E-state index < -0.39 is 5.91 Å². The van der Waals surface area contributed by atoms with Crippen molar-refractivity contribution in [3.05, 3.63) is 63.2 Å². The third-order valence-corrected chi connectivity index (χ3v) is 3.68. The number of amides is 2. The average molecular weight is 396 g/mol. The number of nitrogens with one attached hydrogen (secondary N) is 2. The van der Waals surface area contributed by atoms with Crippen LogP contribution in [0.5, 0.6) is 5.75 Å². The summed E-state index contributed by atoms with van der Waals surface area (Å²) < 4.78 is 5.86. The molecule has 2 amide bonds. The first-order valence-electron chi connectivity index (χ1n) is 6.11. The molecule has 0 aliphatic rings. The zero-order valence-electron chi connectivity index (χ0n) is 11.2. The summed E-state index contributed by atoms with van der Waals surface area (Å²) in [5.74, 6) is -0.198. The first-order chi connectivity index (χ1) is 10.1. The van der Waals surface area contributed by atoms with E-state index in [1.807, 2.05) is 12.1 Å². The van der Waals surface area contributed by atoms with E-state index in [2.05, 4.69) is 33.4 Å². The van der Waals surface area contributed by atoms with Crippen molar-refractivity contribution < 1.29 is 14.3 Å². The minimum Gasteiger partial charge on any atom is -0.497 e. The van der Waals surface area contributed by atoms with Gasteiger partial charge in [0, 0.05) is 9.13 Å². The molecule has 2 rings (SSSR count). The number of carbonyl (C=O) groups excluding carboxylic acids is 2.